The van der Waals surface area contributed by atoms with E-state index >= 15 is 0 Å². The van der Waals surface area contributed by atoms with Gasteiger partial charge in [0.1, 0.15) is 5.02 Å². The average molecular weight is 340 g/mol. The second kappa shape index (κ2) is 3.63. The minimum Gasteiger partial charge on any atom is -0.258 e. The van der Waals surface area contributed by atoms with Crippen LogP contribution in [-0.4, -0.2) is 4.92 Å². The van der Waals surface area contributed by atoms with Gasteiger partial charge in [0.2, 0.25) is 0 Å². The van der Waals surface area contributed by atoms with Gasteiger partial charge in [-0.1, -0.05) is 11.6 Å². The van der Waals surface area contributed by atoms with Crippen LogP contribution in [0.2, 0.25) is 5.02 Å². The molecular weight excluding hydrogens is 337 g/mol. The zero-order valence-electron chi connectivity index (χ0n) is 6.66. The first kappa shape index (κ1) is 10.1. The Balaban J connectivity index is 2.89. The molecule has 0 aliphatic carbocycles. The van der Waals surface area contributed by atoms with Crippen LogP contribution < -0.4 is 0 Å². The maximum absolute atomic E-state index is 10.7. The minimum absolute atomic E-state index is 0.00205. The summed E-state index contributed by atoms with van der Waals surface area (Å²) in [6, 6.07) is 3.67. The maximum atomic E-state index is 10.7. The van der Waals surface area contributed by atoms with Crippen molar-refractivity contribution in [1.29, 1.82) is 0 Å². The van der Waals surface area contributed by atoms with E-state index in [0.717, 1.165) is 10.1 Å². The van der Waals surface area contributed by atoms with Crippen molar-refractivity contribution in [2.75, 3.05) is 0 Å². The molecule has 0 atom stereocenters. The van der Waals surface area contributed by atoms with E-state index < -0.39 is 4.92 Å². The van der Waals surface area contributed by atoms with Gasteiger partial charge in [-0.05, 0) is 45.5 Å². The van der Waals surface area contributed by atoms with Crippen molar-refractivity contribution in [3.05, 3.63) is 36.2 Å². The fourth-order valence-corrected chi connectivity index (χ4v) is 3.38. The van der Waals surface area contributed by atoms with Gasteiger partial charge < -0.3 is 0 Å². The molecule has 0 aliphatic heterocycles. The lowest BCUT2D eigenvalue weighted by molar-refractivity contribution is -0.385. The van der Waals surface area contributed by atoms with Gasteiger partial charge >= 0.3 is 5.69 Å². The number of nitro groups is 1. The molecule has 0 unspecified atom stereocenters. The highest BCUT2D eigenvalue weighted by atomic mass is 127. The summed E-state index contributed by atoms with van der Waals surface area (Å²) in [5, 5.41) is 13.8. The summed E-state index contributed by atoms with van der Waals surface area (Å²) in [5.41, 5.74) is 0.00205. The Kier molecular flexibility index (Phi) is 2.63. The summed E-state index contributed by atoms with van der Waals surface area (Å²) in [7, 11) is 0. The topological polar surface area (TPSA) is 43.1 Å². The van der Waals surface area contributed by atoms with Crippen LogP contribution in [0.5, 0.6) is 0 Å². The first-order valence-electron chi connectivity index (χ1n) is 3.61. The van der Waals surface area contributed by atoms with Gasteiger partial charge in [0, 0.05) is 0 Å². The van der Waals surface area contributed by atoms with E-state index in [1.807, 2.05) is 34.0 Å². The van der Waals surface area contributed by atoms with Crippen LogP contribution >= 0.6 is 45.5 Å². The Bertz CT molecular complexity index is 525. The molecule has 72 valence electrons. The van der Waals surface area contributed by atoms with Crippen molar-refractivity contribution in [2.24, 2.45) is 0 Å². The molecule has 0 saturated carbocycles. The van der Waals surface area contributed by atoms with Crippen molar-refractivity contribution in [3.8, 4) is 0 Å². The molecule has 0 bridgehead atoms. The maximum Gasteiger partial charge on any atom is 0.302 e. The quantitative estimate of drug-likeness (QED) is 0.446. The van der Waals surface area contributed by atoms with Gasteiger partial charge in [-0.25, -0.2) is 0 Å². The third kappa shape index (κ3) is 1.49. The van der Waals surface area contributed by atoms with Crippen LogP contribution in [0.4, 0.5) is 5.69 Å². The van der Waals surface area contributed by atoms with Gasteiger partial charge in [0.15, 0.2) is 0 Å². The molecular formula is C8H3ClINO2S. The van der Waals surface area contributed by atoms with E-state index in [4.69, 9.17) is 11.6 Å². The third-order valence-electron chi connectivity index (χ3n) is 1.79. The first-order valence-corrected chi connectivity index (χ1v) is 5.94. The summed E-state index contributed by atoms with van der Waals surface area (Å²) in [4.78, 5) is 10.3. The Hall–Kier alpha value is -0.400. The number of hydrogen-bond acceptors (Lipinski definition) is 3. The Morgan fingerprint density at radius 3 is 2.93 bits per heavy atom. The van der Waals surface area contributed by atoms with Crippen LogP contribution in [0.25, 0.3) is 10.1 Å². The zero-order valence-corrected chi connectivity index (χ0v) is 10.4. The molecule has 0 amide bonds. The van der Waals surface area contributed by atoms with Crippen LogP contribution in [0.15, 0.2) is 17.5 Å². The predicted octanol–water partition coefficient (Wildman–Crippen LogP) is 4.07. The summed E-state index contributed by atoms with van der Waals surface area (Å²) < 4.78 is 1.35. The summed E-state index contributed by atoms with van der Waals surface area (Å²) >= 11 is 9.29. The average Bonchev–Trinajstić information content (AvgIpc) is 2.50. The van der Waals surface area contributed by atoms with Crippen LogP contribution in [0.3, 0.4) is 0 Å². The number of fused-ring (bicyclic) bond motifs is 1. The van der Waals surface area contributed by atoms with Crippen molar-refractivity contribution >= 4 is 61.3 Å². The number of benzene rings is 1. The molecule has 0 fully saturated rings. The number of rotatable bonds is 1. The summed E-state index contributed by atoms with van der Waals surface area (Å²) in [5.74, 6) is 0. The van der Waals surface area contributed by atoms with Gasteiger partial charge in [0.05, 0.1) is 13.2 Å². The Morgan fingerprint density at radius 1 is 1.57 bits per heavy atom. The highest BCUT2D eigenvalue weighted by Gasteiger charge is 2.20. The van der Waals surface area contributed by atoms with E-state index in [9.17, 15) is 10.1 Å². The van der Waals surface area contributed by atoms with E-state index in [2.05, 4.69) is 0 Å². The van der Waals surface area contributed by atoms with Crippen LogP contribution in [0, 0.1) is 13.7 Å². The van der Waals surface area contributed by atoms with E-state index in [-0.39, 0.29) is 10.7 Å². The lowest BCUT2D eigenvalue weighted by atomic mass is 10.2. The molecule has 1 heterocycles. The summed E-state index contributed by atoms with van der Waals surface area (Å²) in [6.07, 6.45) is 0. The first-order chi connectivity index (χ1) is 6.61. The number of thiophene rings is 1. The lowest BCUT2D eigenvalue weighted by Gasteiger charge is -1.99. The molecule has 3 nitrogen and oxygen atoms in total. The molecule has 0 spiro atoms. The number of halogens is 2. The van der Waals surface area contributed by atoms with Gasteiger partial charge in [-0.3, -0.25) is 10.1 Å². The van der Waals surface area contributed by atoms with Crippen molar-refractivity contribution in [3.63, 3.8) is 0 Å². The largest absolute Gasteiger partial charge is 0.302 e. The normalized spacial score (nSPS) is 10.7. The number of nitrogens with zero attached hydrogens (tertiary/aromatic N) is 1. The van der Waals surface area contributed by atoms with Gasteiger partial charge in [-0.2, -0.15) is 0 Å². The lowest BCUT2D eigenvalue weighted by Crippen LogP contribution is -1.92. The van der Waals surface area contributed by atoms with Crippen LogP contribution in [0.1, 0.15) is 0 Å². The molecule has 1 aromatic carbocycles. The zero-order chi connectivity index (χ0) is 10.3. The van der Waals surface area contributed by atoms with E-state index in [1.54, 1.807) is 6.07 Å². The Labute approximate surface area is 102 Å². The van der Waals surface area contributed by atoms with Crippen molar-refractivity contribution in [1.82, 2.24) is 0 Å². The fourth-order valence-electron chi connectivity index (χ4n) is 1.20. The minimum atomic E-state index is -0.441. The van der Waals surface area contributed by atoms with Gasteiger partial charge in [0.25, 0.3) is 0 Å². The number of hydrogen-bond donors (Lipinski definition) is 0. The molecule has 0 saturated heterocycles. The van der Waals surface area contributed by atoms with Crippen molar-refractivity contribution in [2.45, 2.75) is 0 Å². The fraction of sp³-hybridized carbons (Fsp3) is 0. The van der Waals surface area contributed by atoms with E-state index in [1.165, 1.54) is 11.3 Å². The molecule has 1 aromatic heterocycles. The van der Waals surface area contributed by atoms with Crippen molar-refractivity contribution < 1.29 is 4.92 Å². The molecule has 2 aromatic rings. The molecule has 14 heavy (non-hydrogen) atoms. The monoisotopic (exact) mass is 339 g/mol. The molecule has 0 aliphatic rings. The Morgan fingerprint density at radius 2 is 2.29 bits per heavy atom. The standard InChI is InChI=1S/C8H3ClINO2S/c9-6-7(11(12)13)5(10)3-4-1-2-14-8(4)6/h1-3H. The predicted molar refractivity (Wildman–Crippen MR) is 66.2 cm³/mol. The second-order valence-electron chi connectivity index (χ2n) is 2.62. The second-order valence-corrected chi connectivity index (χ2v) is 5.07. The third-order valence-corrected chi connectivity index (χ3v) is 4.04. The molecule has 2 rings (SSSR count). The van der Waals surface area contributed by atoms with E-state index in [0.29, 0.717) is 3.57 Å². The van der Waals surface area contributed by atoms with Gasteiger partial charge in [-0.15, -0.1) is 11.3 Å². The highest BCUT2D eigenvalue weighted by molar-refractivity contribution is 14.1. The molecule has 0 N–H and O–H groups in total. The number of nitro benzene ring substituents is 1. The molecule has 6 heteroatoms. The smallest absolute Gasteiger partial charge is 0.258 e. The highest BCUT2D eigenvalue weighted by Crippen LogP contribution is 2.39. The summed E-state index contributed by atoms with van der Waals surface area (Å²) in [6.45, 7) is 0. The van der Waals surface area contributed by atoms with Crippen LogP contribution in [-0.2, 0) is 0 Å². The molecule has 0 radical (unpaired) electrons. The SMILES string of the molecule is O=[N+]([O-])c1c(I)cc2ccsc2c1Cl.